The second-order valence-corrected chi connectivity index (χ2v) is 8.95. The molecule has 0 unspecified atom stereocenters. The number of benzene rings is 2. The molecule has 3 aromatic rings. The van der Waals surface area contributed by atoms with Crippen molar-refractivity contribution >= 4 is 34.7 Å². The first-order valence-electron chi connectivity index (χ1n) is 9.51. The zero-order chi connectivity index (χ0) is 22.6. The van der Waals surface area contributed by atoms with Gasteiger partial charge in [-0.2, -0.15) is 0 Å². The van der Waals surface area contributed by atoms with Crippen molar-refractivity contribution in [2.75, 3.05) is 5.32 Å². The highest BCUT2D eigenvalue weighted by Gasteiger charge is 2.21. The van der Waals surface area contributed by atoms with Gasteiger partial charge in [0.15, 0.2) is 0 Å². The number of thiophene rings is 1. The quantitative estimate of drug-likeness (QED) is 0.519. The lowest BCUT2D eigenvalue weighted by molar-refractivity contribution is -0.123. The first kappa shape index (κ1) is 22.2. The molecule has 3 rings (SSSR count). The van der Waals surface area contributed by atoms with E-state index >= 15 is 0 Å². The summed E-state index contributed by atoms with van der Waals surface area (Å²) in [7, 11) is 0. The number of anilines is 1. The minimum absolute atomic E-state index is 0.173. The fraction of sp³-hybridized carbons (Fsp3) is 0.174. The maximum absolute atomic E-state index is 13.1. The van der Waals surface area contributed by atoms with Crippen LogP contribution in [0.4, 0.5) is 10.1 Å². The number of carbonyl (C=O) groups is 3. The van der Waals surface area contributed by atoms with Gasteiger partial charge in [0.05, 0.1) is 4.88 Å². The minimum Gasteiger partial charge on any atom is -0.326 e. The van der Waals surface area contributed by atoms with E-state index in [1.54, 1.807) is 63.2 Å². The van der Waals surface area contributed by atoms with Crippen LogP contribution in [0, 0.1) is 11.2 Å². The molecule has 0 fully saturated rings. The Morgan fingerprint density at radius 3 is 2.23 bits per heavy atom. The van der Waals surface area contributed by atoms with Gasteiger partial charge in [-0.05, 0) is 48.0 Å². The molecular formula is C23H22FN3O3S. The number of nitrogens with one attached hydrogen (secondary N) is 3. The van der Waals surface area contributed by atoms with Crippen LogP contribution in [0.25, 0.3) is 10.4 Å². The van der Waals surface area contributed by atoms with E-state index in [2.05, 4.69) is 16.2 Å². The Bertz CT molecular complexity index is 1120. The molecule has 3 N–H and O–H groups in total. The monoisotopic (exact) mass is 439 g/mol. The van der Waals surface area contributed by atoms with Crippen LogP contribution >= 0.6 is 11.3 Å². The van der Waals surface area contributed by atoms with Gasteiger partial charge in [0, 0.05) is 21.5 Å². The second-order valence-electron chi connectivity index (χ2n) is 7.86. The number of hydrogen-bond acceptors (Lipinski definition) is 4. The van der Waals surface area contributed by atoms with E-state index in [0.29, 0.717) is 10.6 Å². The minimum atomic E-state index is -0.570. The summed E-state index contributed by atoms with van der Waals surface area (Å²) < 4.78 is 13.1. The van der Waals surface area contributed by atoms with Crippen LogP contribution in [0.3, 0.4) is 0 Å². The lowest BCUT2D eigenvalue weighted by atomic mass is 9.95. The molecule has 0 atom stereocenters. The third kappa shape index (κ3) is 5.76. The smallest absolute Gasteiger partial charge is 0.279 e. The molecule has 160 valence electrons. The third-order valence-corrected chi connectivity index (χ3v) is 5.44. The Morgan fingerprint density at radius 1 is 0.871 bits per heavy atom. The maximum atomic E-state index is 13.1. The molecule has 3 amide bonds. The summed E-state index contributed by atoms with van der Waals surface area (Å²) >= 11 is 1.23. The molecule has 0 aliphatic heterocycles. The van der Waals surface area contributed by atoms with Crippen molar-refractivity contribution in [1.82, 2.24) is 10.9 Å². The molecule has 8 heteroatoms. The summed E-state index contributed by atoms with van der Waals surface area (Å²) in [4.78, 5) is 38.1. The van der Waals surface area contributed by atoms with Gasteiger partial charge in [0.25, 0.3) is 11.8 Å². The molecule has 6 nitrogen and oxygen atoms in total. The number of hydrazine groups is 1. The summed E-state index contributed by atoms with van der Waals surface area (Å²) in [5, 5.41) is 2.76. The number of hydrogen-bond donors (Lipinski definition) is 3. The van der Waals surface area contributed by atoms with Crippen LogP contribution in [0.5, 0.6) is 0 Å². The van der Waals surface area contributed by atoms with E-state index in [9.17, 15) is 18.8 Å². The highest BCUT2D eigenvalue weighted by Crippen LogP contribution is 2.28. The second kappa shape index (κ2) is 9.09. The van der Waals surface area contributed by atoms with Crippen molar-refractivity contribution in [1.29, 1.82) is 0 Å². The first-order chi connectivity index (χ1) is 14.6. The molecule has 0 saturated carbocycles. The van der Waals surface area contributed by atoms with Gasteiger partial charge in [-0.1, -0.05) is 39.0 Å². The van der Waals surface area contributed by atoms with Gasteiger partial charge < -0.3 is 5.32 Å². The van der Waals surface area contributed by atoms with E-state index in [1.165, 1.54) is 29.5 Å². The van der Waals surface area contributed by atoms with Crippen molar-refractivity contribution in [3.8, 4) is 10.4 Å². The molecule has 0 saturated heterocycles. The highest BCUT2D eigenvalue weighted by atomic mass is 32.1. The first-order valence-corrected chi connectivity index (χ1v) is 10.3. The van der Waals surface area contributed by atoms with Gasteiger partial charge in [0.2, 0.25) is 5.91 Å². The van der Waals surface area contributed by atoms with Crippen LogP contribution in [0.2, 0.25) is 0 Å². The van der Waals surface area contributed by atoms with Crippen LogP contribution < -0.4 is 16.2 Å². The lowest BCUT2D eigenvalue weighted by Gasteiger charge is -2.18. The van der Waals surface area contributed by atoms with Gasteiger partial charge in [-0.15, -0.1) is 11.3 Å². The Balaban J connectivity index is 1.61. The predicted octanol–water partition coefficient (Wildman–Crippen LogP) is 4.61. The zero-order valence-corrected chi connectivity index (χ0v) is 18.1. The van der Waals surface area contributed by atoms with Gasteiger partial charge in [0.1, 0.15) is 5.82 Å². The van der Waals surface area contributed by atoms with Crippen molar-refractivity contribution < 1.29 is 18.8 Å². The maximum Gasteiger partial charge on any atom is 0.279 e. The predicted molar refractivity (Wildman–Crippen MR) is 119 cm³/mol. The van der Waals surface area contributed by atoms with E-state index in [-0.39, 0.29) is 17.3 Å². The van der Waals surface area contributed by atoms with E-state index < -0.39 is 17.2 Å². The number of amides is 3. The van der Waals surface area contributed by atoms with Crippen LogP contribution in [0.1, 0.15) is 40.8 Å². The van der Waals surface area contributed by atoms with Crippen LogP contribution in [-0.4, -0.2) is 17.7 Å². The SMILES string of the molecule is CC(C)(C)C(=O)Nc1cccc(C(=O)NNC(=O)c2ccc(-c3ccc(F)cc3)s2)c1. The molecule has 0 aliphatic rings. The van der Waals surface area contributed by atoms with Crippen molar-refractivity contribution in [3.63, 3.8) is 0 Å². The normalized spacial score (nSPS) is 11.0. The summed E-state index contributed by atoms with van der Waals surface area (Å²) in [6, 6.07) is 15.8. The average molecular weight is 440 g/mol. The molecule has 1 aromatic heterocycles. The van der Waals surface area contributed by atoms with Crippen molar-refractivity contribution in [2.45, 2.75) is 20.8 Å². The van der Waals surface area contributed by atoms with Gasteiger partial charge >= 0.3 is 0 Å². The molecule has 1 heterocycles. The van der Waals surface area contributed by atoms with E-state index in [1.807, 2.05) is 0 Å². The summed E-state index contributed by atoms with van der Waals surface area (Å²) in [6.45, 7) is 5.38. The van der Waals surface area contributed by atoms with Crippen molar-refractivity contribution in [2.24, 2.45) is 5.41 Å². The summed E-state index contributed by atoms with van der Waals surface area (Å²) in [5.74, 6) is -1.49. The number of halogens is 1. The molecule has 2 aromatic carbocycles. The fourth-order valence-electron chi connectivity index (χ4n) is 2.53. The van der Waals surface area contributed by atoms with Gasteiger partial charge in [-0.3, -0.25) is 25.2 Å². The zero-order valence-electron chi connectivity index (χ0n) is 17.3. The van der Waals surface area contributed by atoms with Crippen LogP contribution in [-0.2, 0) is 4.79 Å². The molecule has 0 spiro atoms. The number of carbonyl (C=O) groups excluding carboxylic acids is 3. The highest BCUT2D eigenvalue weighted by molar-refractivity contribution is 7.17. The Hall–Kier alpha value is -3.52. The Morgan fingerprint density at radius 2 is 1.55 bits per heavy atom. The average Bonchev–Trinajstić information content (AvgIpc) is 3.22. The molecule has 0 aliphatic carbocycles. The standard InChI is InChI=1S/C23H22FN3O3S/c1-23(2,3)22(30)25-17-6-4-5-15(13-17)20(28)26-27-21(29)19-12-11-18(31-19)14-7-9-16(24)10-8-14/h4-13H,1-3H3,(H,25,30)(H,26,28)(H,27,29). The molecule has 0 radical (unpaired) electrons. The Kier molecular flexibility index (Phi) is 6.50. The largest absolute Gasteiger partial charge is 0.326 e. The van der Waals surface area contributed by atoms with Crippen molar-refractivity contribution in [3.05, 3.63) is 76.9 Å². The van der Waals surface area contributed by atoms with Crippen LogP contribution in [0.15, 0.2) is 60.7 Å². The third-order valence-electron chi connectivity index (χ3n) is 4.31. The number of rotatable bonds is 4. The topological polar surface area (TPSA) is 87.3 Å². The Labute approximate surface area is 183 Å². The van der Waals surface area contributed by atoms with Gasteiger partial charge in [-0.25, -0.2) is 4.39 Å². The molecule has 31 heavy (non-hydrogen) atoms. The fourth-order valence-corrected chi connectivity index (χ4v) is 3.44. The molecular weight excluding hydrogens is 417 g/mol. The lowest BCUT2D eigenvalue weighted by Crippen LogP contribution is -2.41. The summed E-state index contributed by atoms with van der Waals surface area (Å²) in [6.07, 6.45) is 0. The summed E-state index contributed by atoms with van der Waals surface area (Å²) in [5.41, 5.74) is 5.75. The molecule has 0 bridgehead atoms. The van der Waals surface area contributed by atoms with E-state index in [0.717, 1.165) is 10.4 Å². The van der Waals surface area contributed by atoms with E-state index in [4.69, 9.17) is 0 Å².